The van der Waals surface area contributed by atoms with Crippen molar-refractivity contribution in [2.45, 2.75) is 32.1 Å². The van der Waals surface area contributed by atoms with Crippen molar-refractivity contribution in [3.05, 3.63) is 40.0 Å². The number of allylic oxidation sites excluding steroid dienone is 2. The predicted molar refractivity (Wildman–Crippen MR) is 118 cm³/mol. The fraction of sp³-hybridized carbons (Fsp3) is 0.522. The third kappa shape index (κ3) is 3.43. The summed E-state index contributed by atoms with van der Waals surface area (Å²) >= 11 is 2.23. The van der Waals surface area contributed by atoms with Gasteiger partial charge in [-0.3, -0.25) is 19.3 Å². The quantitative estimate of drug-likeness (QED) is 0.266. The zero-order valence-electron chi connectivity index (χ0n) is 16.2. The number of benzene rings is 1. The number of halogens is 1. The molecule has 2 saturated carbocycles. The van der Waals surface area contributed by atoms with Gasteiger partial charge in [0, 0.05) is 22.2 Å². The number of carbonyl (C=O) groups excluding carboxylic acids is 3. The second-order valence-electron chi connectivity index (χ2n) is 8.85. The van der Waals surface area contributed by atoms with Gasteiger partial charge in [0.2, 0.25) is 17.7 Å². The van der Waals surface area contributed by atoms with E-state index >= 15 is 0 Å². The fourth-order valence-corrected chi connectivity index (χ4v) is 6.09. The van der Waals surface area contributed by atoms with Crippen LogP contribution < -0.4 is 5.32 Å². The zero-order valence-corrected chi connectivity index (χ0v) is 18.4. The maximum Gasteiger partial charge on any atom is 0.233 e. The second-order valence-corrected chi connectivity index (χ2v) is 10.1. The van der Waals surface area contributed by atoms with Gasteiger partial charge in [-0.05, 0) is 89.8 Å². The summed E-state index contributed by atoms with van der Waals surface area (Å²) in [5, 5.41) is 2.91. The summed E-state index contributed by atoms with van der Waals surface area (Å²) in [5.74, 6) is 1.81. The maximum atomic E-state index is 12.9. The van der Waals surface area contributed by atoms with Gasteiger partial charge in [-0.25, -0.2) is 0 Å². The number of amides is 3. The standard InChI is InChI=1S/C23H25IN2O3/c24-13-5-7-14(8-6-13)25-19(27)4-2-1-3-11-26-22(28)20-15-9-10-16(18-12-17(15)18)21(20)23(26)29/h5-10,15-18,20-21H,1-4,11-12H2,(H,25,27). The lowest BCUT2D eigenvalue weighted by atomic mass is 9.63. The minimum absolute atomic E-state index is 0.00688. The van der Waals surface area contributed by atoms with Gasteiger partial charge in [0.05, 0.1) is 11.8 Å². The summed E-state index contributed by atoms with van der Waals surface area (Å²) < 4.78 is 1.13. The molecule has 6 unspecified atom stereocenters. The normalized spacial score (nSPS) is 33.6. The number of rotatable bonds is 7. The van der Waals surface area contributed by atoms with Crippen LogP contribution in [0.25, 0.3) is 0 Å². The molecule has 6 heteroatoms. The van der Waals surface area contributed by atoms with Crippen molar-refractivity contribution in [1.82, 2.24) is 4.90 Å². The van der Waals surface area contributed by atoms with E-state index in [2.05, 4.69) is 40.1 Å². The SMILES string of the molecule is O=C(CCCCCN1C(=O)C2C3C=CC(C4CC34)C2C1=O)Nc1ccc(I)cc1. The maximum absolute atomic E-state index is 12.9. The topological polar surface area (TPSA) is 66.5 Å². The first-order valence-electron chi connectivity index (χ1n) is 10.6. The Morgan fingerprint density at radius 1 is 0.966 bits per heavy atom. The molecule has 1 aromatic carbocycles. The van der Waals surface area contributed by atoms with Crippen molar-refractivity contribution in [2.24, 2.45) is 35.5 Å². The van der Waals surface area contributed by atoms with Crippen molar-refractivity contribution in [1.29, 1.82) is 0 Å². The van der Waals surface area contributed by atoms with Crippen LogP contribution in [0.4, 0.5) is 5.69 Å². The van der Waals surface area contributed by atoms with Crippen LogP contribution in [0.15, 0.2) is 36.4 Å². The Morgan fingerprint density at radius 3 is 2.21 bits per heavy atom. The predicted octanol–water partition coefficient (Wildman–Crippen LogP) is 3.84. The highest BCUT2D eigenvalue weighted by Crippen LogP contribution is 2.65. The van der Waals surface area contributed by atoms with E-state index < -0.39 is 0 Å². The third-order valence-corrected chi connectivity index (χ3v) is 7.89. The van der Waals surface area contributed by atoms with Crippen LogP contribution in [0.5, 0.6) is 0 Å². The fourth-order valence-electron chi connectivity index (χ4n) is 5.73. The van der Waals surface area contributed by atoms with Crippen LogP contribution in [0.1, 0.15) is 32.1 Å². The van der Waals surface area contributed by atoms with Gasteiger partial charge in [-0.1, -0.05) is 18.6 Å². The van der Waals surface area contributed by atoms with E-state index in [4.69, 9.17) is 0 Å². The molecule has 29 heavy (non-hydrogen) atoms. The van der Waals surface area contributed by atoms with Gasteiger partial charge >= 0.3 is 0 Å². The summed E-state index contributed by atoms with van der Waals surface area (Å²) in [6, 6.07) is 7.72. The Balaban J connectivity index is 1.07. The number of imide groups is 1. The first-order chi connectivity index (χ1) is 14.0. The van der Waals surface area contributed by atoms with E-state index in [1.165, 1.54) is 11.3 Å². The minimum atomic E-state index is -0.0963. The molecule has 0 aromatic heterocycles. The molecule has 1 aliphatic heterocycles. The van der Waals surface area contributed by atoms with Gasteiger partial charge in [0.25, 0.3) is 0 Å². The van der Waals surface area contributed by atoms with Crippen LogP contribution in [-0.2, 0) is 14.4 Å². The number of hydrogen-bond donors (Lipinski definition) is 1. The molecule has 1 saturated heterocycles. The van der Waals surface area contributed by atoms with Crippen LogP contribution in [0, 0.1) is 39.1 Å². The van der Waals surface area contributed by atoms with E-state index in [1.807, 2.05) is 24.3 Å². The molecular weight excluding hydrogens is 479 g/mol. The number of nitrogens with zero attached hydrogens (tertiary/aromatic N) is 1. The number of anilines is 1. The van der Waals surface area contributed by atoms with Gasteiger partial charge in [0.1, 0.15) is 0 Å². The average Bonchev–Trinajstić information content (AvgIpc) is 3.49. The van der Waals surface area contributed by atoms with Crippen LogP contribution in [0.2, 0.25) is 0 Å². The molecule has 2 bridgehead atoms. The molecule has 1 aromatic rings. The van der Waals surface area contributed by atoms with Crippen LogP contribution in [0.3, 0.4) is 0 Å². The first kappa shape index (κ1) is 19.3. The molecule has 0 spiro atoms. The zero-order chi connectivity index (χ0) is 20.1. The molecule has 3 fully saturated rings. The summed E-state index contributed by atoms with van der Waals surface area (Å²) in [6.07, 6.45) is 8.43. The van der Waals surface area contributed by atoms with Crippen molar-refractivity contribution in [3.8, 4) is 0 Å². The number of likely N-dealkylation sites (tertiary alicyclic amines) is 1. The third-order valence-electron chi connectivity index (χ3n) is 7.17. The minimum Gasteiger partial charge on any atom is -0.326 e. The number of carbonyl (C=O) groups is 3. The summed E-state index contributed by atoms with van der Waals surface area (Å²) in [6.45, 7) is 0.498. The lowest BCUT2D eigenvalue weighted by Gasteiger charge is -2.37. The van der Waals surface area contributed by atoms with E-state index in [-0.39, 0.29) is 29.6 Å². The first-order valence-corrected chi connectivity index (χ1v) is 11.7. The molecule has 1 N–H and O–H groups in total. The summed E-state index contributed by atoms with van der Waals surface area (Å²) in [7, 11) is 0. The van der Waals surface area contributed by atoms with Crippen molar-refractivity contribution in [2.75, 3.05) is 11.9 Å². The molecule has 4 aliphatic carbocycles. The Labute approximate surface area is 184 Å². The molecule has 5 aliphatic rings. The second kappa shape index (κ2) is 7.52. The molecule has 6 atom stereocenters. The Hall–Kier alpha value is -1.70. The van der Waals surface area contributed by atoms with Crippen LogP contribution in [-0.4, -0.2) is 29.2 Å². The highest BCUT2D eigenvalue weighted by molar-refractivity contribution is 14.1. The van der Waals surface area contributed by atoms with E-state index in [0.717, 1.165) is 28.5 Å². The summed E-state index contributed by atoms with van der Waals surface area (Å²) in [5.41, 5.74) is 0.813. The number of nitrogens with one attached hydrogen (secondary N) is 1. The molecule has 3 amide bonds. The van der Waals surface area contributed by atoms with Crippen molar-refractivity contribution >= 4 is 46.0 Å². The molecule has 152 valence electrons. The van der Waals surface area contributed by atoms with Gasteiger partial charge in [-0.15, -0.1) is 0 Å². The van der Waals surface area contributed by atoms with Gasteiger partial charge in [-0.2, -0.15) is 0 Å². The highest BCUT2D eigenvalue weighted by atomic mass is 127. The lowest BCUT2D eigenvalue weighted by molar-refractivity contribution is -0.140. The van der Waals surface area contributed by atoms with Crippen molar-refractivity contribution < 1.29 is 14.4 Å². The highest BCUT2D eigenvalue weighted by Gasteiger charge is 2.66. The Kier molecular flexibility index (Phi) is 5.00. The molecule has 5 nitrogen and oxygen atoms in total. The molecule has 0 radical (unpaired) electrons. The van der Waals surface area contributed by atoms with E-state index in [1.54, 1.807) is 0 Å². The van der Waals surface area contributed by atoms with E-state index in [0.29, 0.717) is 36.6 Å². The molecule has 1 heterocycles. The van der Waals surface area contributed by atoms with Crippen LogP contribution >= 0.6 is 22.6 Å². The van der Waals surface area contributed by atoms with Gasteiger partial charge < -0.3 is 5.32 Å². The Bertz CT molecular complexity index is 845. The van der Waals surface area contributed by atoms with Gasteiger partial charge in [0.15, 0.2) is 0 Å². The van der Waals surface area contributed by atoms with Crippen molar-refractivity contribution in [3.63, 3.8) is 0 Å². The number of hydrogen-bond acceptors (Lipinski definition) is 3. The number of unbranched alkanes of at least 4 members (excludes halogenated alkanes) is 2. The average molecular weight is 504 g/mol. The summed E-state index contributed by atoms with van der Waals surface area (Å²) in [4.78, 5) is 39.4. The smallest absolute Gasteiger partial charge is 0.233 e. The molecular formula is C23H25IN2O3. The largest absolute Gasteiger partial charge is 0.326 e. The lowest BCUT2D eigenvalue weighted by Crippen LogP contribution is -2.40. The molecule has 6 rings (SSSR count). The van der Waals surface area contributed by atoms with E-state index in [9.17, 15) is 14.4 Å². The monoisotopic (exact) mass is 504 g/mol. The Morgan fingerprint density at radius 2 is 1.59 bits per heavy atom.